The monoisotopic (exact) mass is 553 g/mol. The summed E-state index contributed by atoms with van der Waals surface area (Å²) in [5.74, 6) is 0.353. The van der Waals surface area contributed by atoms with E-state index >= 15 is 0 Å². The van der Waals surface area contributed by atoms with Gasteiger partial charge in [-0.3, -0.25) is 9.59 Å². The van der Waals surface area contributed by atoms with Crippen LogP contribution < -0.4 is 20.5 Å². The molecule has 1 aromatic heterocycles. The molecule has 1 saturated carbocycles. The number of fused-ring (bicyclic) bond motifs is 5. The fraction of sp³-hybridized carbons (Fsp3) is 0.621. The van der Waals surface area contributed by atoms with Crippen LogP contribution in [0.2, 0.25) is 0 Å². The number of nitrogens with one attached hydrogen (secondary N) is 1. The number of amides is 3. The molecule has 1 aliphatic carbocycles. The molecule has 5 rings (SSSR count). The third kappa shape index (κ3) is 6.08. The van der Waals surface area contributed by atoms with E-state index in [1.807, 2.05) is 32.9 Å². The van der Waals surface area contributed by atoms with Gasteiger partial charge in [0.1, 0.15) is 35.7 Å². The fourth-order valence-corrected chi connectivity index (χ4v) is 5.64. The average molecular weight is 554 g/mol. The Morgan fingerprint density at radius 1 is 1.10 bits per heavy atom. The second-order valence-corrected chi connectivity index (χ2v) is 12.2. The smallest absolute Gasteiger partial charge is 0.408 e. The molecule has 40 heavy (non-hydrogen) atoms. The molecule has 1 aromatic carbocycles. The van der Waals surface area contributed by atoms with Crippen molar-refractivity contribution < 1.29 is 28.6 Å². The lowest BCUT2D eigenvalue weighted by atomic mass is 9.85. The van der Waals surface area contributed by atoms with Crippen molar-refractivity contribution in [3.8, 4) is 11.6 Å². The van der Waals surface area contributed by atoms with Gasteiger partial charge in [-0.05, 0) is 49.1 Å². The van der Waals surface area contributed by atoms with Gasteiger partial charge in [0, 0.05) is 12.5 Å². The highest BCUT2D eigenvalue weighted by Gasteiger charge is 2.46. The van der Waals surface area contributed by atoms with Gasteiger partial charge in [-0.2, -0.15) is 0 Å². The first-order chi connectivity index (χ1) is 19.0. The van der Waals surface area contributed by atoms with Gasteiger partial charge < -0.3 is 30.2 Å². The summed E-state index contributed by atoms with van der Waals surface area (Å²) < 4.78 is 17.4. The van der Waals surface area contributed by atoms with Gasteiger partial charge in [0.25, 0.3) is 0 Å². The molecule has 2 aromatic rings. The van der Waals surface area contributed by atoms with Crippen molar-refractivity contribution >= 4 is 28.9 Å². The van der Waals surface area contributed by atoms with Crippen LogP contribution >= 0.6 is 0 Å². The van der Waals surface area contributed by atoms with Gasteiger partial charge in [-0.15, -0.1) is 0 Å². The summed E-state index contributed by atoms with van der Waals surface area (Å²) in [6.45, 7) is 5.70. The van der Waals surface area contributed by atoms with E-state index in [0.717, 1.165) is 43.3 Å². The third-order valence-electron chi connectivity index (χ3n) is 8.04. The van der Waals surface area contributed by atoms with E-state index in [2.05, 4.69) is 5.32 Å². The Morgan fingerprint density at radius 3 is 2.62 bits per heavy atom. The van der Waals surface area contributed by atoms with E-state index in [-0.39, 0.29) is 19.1 Å². The Balaban J connectivity index is 1.48. The fourth-order valence-electron chi connectivity index (χ4n) is 5.64. The lowest BCUT2D eigenvalue weighted by Crippen LogP contribution is -2.57. The van der Waals surface area contributed by atoms with E-state index in [9.17, 15) is 14.4 Å². The van der Waals surface area contributed by atoms with Gasteiger partial charge >= 0.3 is 6.09 Å². The number of carbonyl (C=O) groups is 3. The Morgan fingerprint density at radius 2 is 1.90 bits per heavy atom. The third-order valence-corrected chi connectivity index (χ3v) is 8.04. The normalized spacial score (nSPS) is 27.8. The number of ether oxygens (including phenoxy) is 3. The van der Waals surface area contributed by atoms with Gasteiger partial charge in [0.05, 0.1) is 24.7 Å². The second kappa shape index (κ2) is 11.1. The lowest BCUT2D eigenvalue weighted by molar-refractivity contribution is -0.141. The zero-order valence-electron chi connectivity index (χ0n) is 23.6. The van der Waals surface area contributed by atoms with Crippen molar-refractivity contribution in [1.29, 1.82) is 0 Å². The summed E-state index contributed by atoms with van der Waals surface area (Å²) in [5.41, 5.74) is 7.22. The second-order valence-electron chi connectivity index (χ2n) is 12.2. The summed E-state index contributed by atoms with van der Waals surface area (Å²) >= 11 is 0. The summed E-state index contributed by atoms with van der Waals surface area (Å²) in [4.78, 5) is 50.2. The first-order valence-electron chi connectivity index (χ1n) is 14.1. The van der Waals surface area contributed by atoms with Crippen LogP contribution in [0.25, 0.3) is 11.0 Å². The largest absolute Gasteiger partial charge is 0.497 e. The number of hydrogen-bond donors (Lipinski definition) is 2. The molecule has 0 radical (unpaired) electrons. The van der Waals surface area contributed by atoms with Crippen LogP contribution in [-0.4, -0.2) is 70.7 Å². The van der Waals surface area contributed by atoms with Crippen LogP contribution in [0.1, 0.15) is 65.0 Å². The minimum atomic E-state index is -0.917. The molecular formula is C29H39N5O6. The Kier molecular flexibility index (Phi) is 7.74. The topological polar surface area (TPSA) is 146 Å². The molecule has 2 aliphatic heterocycles. The highest BCUT2D eigenvalue weighted by molar-refractivity contribution is 5.92. The van der Waals surface area contributed by atoms with Crippen molar-refractivity contribution in [1.82, 2.24) is 20.2 Å². The van der Waals surface area contributed by atoms with Gasteiger partial charge in [-0.1, -0.05) is 33.6 Å². The van der Waals surface area contributed by atoms with Crippen LogP contribution in [0.5, 0.6) is 11.6 Å². The highest BCUT2D eigenvalue weighted by atomic mass is 16.6. The van der Waals surface area contributed by atoms with E-state index in [1.54, 1.807) is 13.2 Å². The molecule has 3 aliphatic rings. The number of carbonyl (C=O) groups excluding carboxylic acids is 3. The molecule has 3 heterocycles. The molecule has 3 amide bonds. The maximum absolute atomic E-state index is 13.8. The molecule has 11 nitrogen and oxygen atoms in total. The number of aryl methyl sites for hydroxylation is 1. The van der Waals surface area contributed by atoms with Crippen LogP contribution in [0.4, 0.5) is 4.79 Å². The zero-order valence-corrected chi connectivity index (χ0v) is 23.6. The standard InChI is InChI=1S/C29H39N5O6/c1-29(2,3)24-27(36)34-15-18(14-22(34)25(30)35)39-26-20(31-19-11-10-17(38-4)13-21(19)32-26)9-7-5-6-8-16-12-23(16)40-28(37)33-24/h10-11,13,16,18,22-24H,5-9,12,14-15H2,1-4H3,(H2,30,35)(H,33,37)/t16-,18-,22+,23-,24?/m1/s1. The van der Waals surface area contributed by atoms with Gasteiger partial charge in [-0.25, -0.2) is 14.8 Å². The van der Waals surface area contributed by atoms with Crippen LogP contribution in [0, 0.1) is 11.3 Å². The minimum absolute atomic E-state index is 0.123. The van der Waals surface area contributed by atoms with Crippen LogP contribution in [0.15, 0.2) is 18.2 Å². The Hall–Kier alpha value is -3.63. The van der Waals surface area contributed by atoms with Crippen molar-refractivity contribution in [2.24, 2.45) is 17.1 Å². The first kappa shape index (κ1) is 27.9. The predicted octanol–water partition coefficient (Wildman–Crippen LogP) is 3.12. The Bertz CT molecular complexity index is 1290. The van der Waals surface area contributed by atoms with E-state index in [0.29, 0.717) is 29.5 Å². The molecule has 2 bridgehead atoms. The lowest BCUT2D eigenvalue weighted by Gasteiger charge is -2.34. The average Bonchev–Trinajstić information content (AvgIpc) is 3.48. The van der Waals surface area contributed by atoms with Gasteiger partial charge in [0.2, 0.25) is 17.7 Å². The minimum Gasteiger partial charge on any atom is -0.497 e. The first-order valence-corrected chi connectivity index (χ1v) is 14.1. The number of benzene rings is 1. The molecule has 5 atom stereocenters. The molecule has 11 heteroatoms. The molecule has 0 spiro atoms. The number of rotatable bonds is 2. The number of aromatic nitrogens is 2. The molecule has 3 N–H and O–H groups in total. The van der Waals surface area contributed by atoms with E-state index in [1.165, 1.54) is 4.90 Å². The Labute approximate surface area is 234 Å². The van der Waals surface area contributed by atoms with Crippen molar-refractivity contribution in [2.75, 3.05) is 13.7 Å². The molecule has 2 fully saturated rings. The van der Waals surface area contributed by atoms with E-state index in [4.69, 9.17) is 29.9 Å². The number of nitrogens with zero attached hydrogens (tertiary/aromatic N) is 3. The maximum atomic E-state index is 13.8. The molecule has 1 unspecified atom stereocenters. The van der Waals surface area contributed by atoms with Crippen LogP contribution in [0.3, 0.4) is 0 Å². The van der Waals surface area contributed by atoms with Crippen LogP contribution in [-0.2, 0) is 20.7 Å². The molecular weight excluding hydrogens is 514 g/mol. The highest BCUT2D eigenvalue weighted by Crippen LogP contribution is 2.39. The number of methoxy groups -OCH3 is 1. The predicted molar refractivity (Wildman–Crippen MR) is 147 cm³/mol. The SMILES string of the molecule is COc1ccc2nc3c(nc2c1)O[C@@H]1C[C@@H](C(N)=O)N(C1)C(=O)C(C(C)(C)C)NC(=O)O[C@@H]1C[C@H]1CCCCC3. The van der Waals surface area contributed by atoms with E-state index < -0.39 is 41.5 Å². The summed E-state index contributed by atoms with van der Waals surface area (Å²) in [7, 11) is 1.59. The molecule has 1 saturated heterocycles. The van der Waals surface area contributed by atoms with Crippen molar-refractivity contribution in [3.63, 3.8) is 0 Å². The summed E-state index contributed by atoms with van der Waals surface area (Å²) in [6, 6.07) is 3.73. The quantitative estimate of drug-likeness (QED) is 0.577. The number of primary amides is 1. The number of nitrogens with two attached hydrogens (primary N) is 1. The van der Waals surface area contributed by atoms with Crippen molar-refractivity contribution in [3.05, 3.63) is 23.9 Å². The van der Waals surface area contributed by atoms with Crippen molar-refractivity contribution in [2.45, 2.75) is 90.0 Å². The number of hydrogen-bond acceptors (Lipinski definition) is 8. The van der Waals surface area contributed by atoms with Gasteiger partial charge in [0.15, 0.2) is 0 Å². The maximum Gasteiger partial charge on any atom is 0.408 e. The summed E-state index contributed by atoms with van der Waals surface area (Å²) in [6.07, 6.45) is 4.33. The number of alkyl carbamates (subject to hydrolysis) is 1. The molecule has 216 valence electrons. The summed E-state index contributed by atoms with van der Waals surface area (Å²) in [5, 5.41) is 2.78. The zero-order chi connectivity index (χ0) is 28.6.